The van der Waals surface area contributed by atoms with Gasteiger partial charge in [0.2, 0.25) is 0 Å². The number of ether oxygens (including phenoxy) is 1. The number of nitrogens with one attached hydrogen (secondary N) is 1. The van der Waals surface area contributed by atoms with Crippen LogP contribution in [0.25, 0.3) is 0 Å². The van der Waals surface area contributed by atoms with Gasteiger partial charge in [0.1, 0.15) is 5.75 Å². The summed E-state index contributed by atoms with van der Waals surface area (Å²) in [5.41, 5.74) is 3.39. The Balaban J connectivity index is 2.29. The molecule has 0 radical (unpaired) electrons. The van der Waals surface area contributed by atoms with Gasteiger partial charge in [0, 0.05) is 10.7 Å². The summed E-state index contributed by atoms with van der Waals surface area (Å²) in [6, 6.07) is 6.85. The van der Waals surface area contributed by atoms with E-state index in [-0.39, 0.29) is 12.5 Å². The van der Waals surface area contributed by atoms with E-state index in [1.54, 1.807) is 24.3 Å². The maximum absolute atomic E-state index is 11.5. The van der Waals surface area contributed by atoms with Crippen LogP contribution in [0.15, 0.2) is 29.4 Å². The zero-order valence-electron chi connectivity index (χ0n) is 11.3. The molecule has 19 heavy (non-hydrogen) atoms. The molecule has 5 heteroatoms. The maximum atomic E-state index is 11.5. The maximum Gasteiger partial charge on any atom is 0.277 e. The van der Waals surface area contributed by atoms with Crippen molar-refractivity contribution in [2.45, 2.75) is 33.1 Å². The molecule has 1 rings (SSSR count). The monoisotopic (exact) mass is 282 g/mol. The number of halogens is 1. The van der Waals surface area contributed by atoms with Crippen molar-refractivity contribution in [3.05, 3.63) is 29.3 Å². The minimum atomic E-state index is -0.272. The molecular formula is C14H19ClN2O2. The average Bonchev–Trinajstić information content (AvgIpc) is 2.42. The number of amides is 1. The van der Waals surface area contributed by atoms with Gasteiger partial charge in [-0.2, -0.15) is 5.10 Å². The molecule has 4 nitrogen and oxygen atoms in total. The molecule has 0 aliphatic rings. The SMILES string of the molecule is CCCCC(C)=NNC(=O)COc1ccc(Cl)cc1. The summed E-state index contributed by atoms with van der Waals surface area (Å²) in [5, 5.41) is 4.64. The number of hydrogen-bond acceptors (Lipinski definition) is 3. The first-order valence-electron chi connectivity index (χ1n) is 6.32. The van der Waals surface area contributed by atoms with Crippen molar-refractivity contribution in [3.63, 3.8) is 0 Å². The lowest BCUT2D eigenvalue weighted by Crippen LogP contribution is -2.25. The largest absolute Gasteiger partial charge is 0.484 e. The number of hydrazone groups is 1. The molecule has 0 fully saturated rings. The Morgan fingerprint density at radius 1 is 1.37 bits per heavy atom. The molecule has 1 N–H and O–H groups in total. The van der Waals surface area contributed by atoms with E-state index in [0.717, 1.165) is 25.0 Å². The Morgan fingerprint density at radius 2 is 2.05 bits per heavy atom. The molecule has 0 aliphatic heterocycles. The van der Waals surface area contributed by atoms with Crippen molar-refractivity contribution >= 4 is 23.2 Å². The van der Waals surface area contributed by atoms with Crippen LogP contribution in [0.2, 0.25) is 5.02 Å². The van der Waals surface area contributed by atoms with E-state index in [1.165, 1.54) is 0 Å². The number of unbranched alkanes of at least 4 members (excludes halogenated alkanes) is 1. The van der Waals surface area contributed by atoms with E-state index in [1.807, 2.05) is 6.92 Å². The smallest absolute Gasteiger partial charge is 0.277 e. The lowest BCUT2D eigenvalue weighted by Gasteiger charge is -2.05. The van der Waals surface area contributed by atoms with Crippen LogP contribution in [0.5, 0.6) is 5.75 Å². The first kappa shape index (κ1) is 15.5. The lowest BCUT2D eigenvalue weighted by atomic mass is 10.2. The summed E-state index contributed by atoms with van der Waals surface area (Å²) >= 11 is 5.75. The summed E-state index contributed by atoms with van der Waals surface area (Å²) in [4.78, 5) is 11.5. The number of carbonyl (C=O) groups excluding carboxylic acids is 1. The third kappa shape index (κ3) is 6.82. The highest BCUT2D eigenvalue weighted by atomic mass is 35.5. The normalized spacial score (nSPS) is 11.2. The molecule has 1 aromatic rings. The third-order valence-corrected chi connectivity index (χ3v) is 2.70. The lowest BCUT2D eigenvalue weighted by molar-refractivity contribution is -0.123. The standard InChI is InChI=1S/C14H19ClN2O2/c1-3-4-5-11(2)16-17-14(18)10-19-13-8-6-12(15)7-9-13/h6-9H,3-5,10H2,1-2H3,(H,17,18). The summed E-state index contributed by atoms with van der Waals surface area (Å²) in [6.07, 6.45) is 3.09. The van der Waals surface area contributed by atoms with Crippen LogP contribution in [0.4, 0.5) is 0 Å². The molecule has 0 saturated carbocycles. The minimum absolute atomic E-state index is 0.0633. The van der Waals surface area contributed by atoms with E-state index < -0.39 is 0 Å². The van der Waals surface area contributed by atoms with Crippen LogP contribution in [0.1, 0.15) is 33.1 Å². The Hall–Kier alpha value is -1.55. The Labute approximate surface area is 118 Å². The van der Waals surface area contributed by atoms with E-state index >= 15 is 0 Å². The molecule has 104 valence electrons. The fourth-order valence-corrected chi connectivity index (χ4v) is 1.48. The summed E-state index contributed by atoms with van der Waals surface area (Å²) < 4.78 is 5.30. The second kappa shape index (κ2) is 8.53. The van der Waals surface area contributed by atoms with Crippen LogP contribution in [-0.4, -0.2) is 18.2 Å². The molecule has 0 aliphatic carbocycles. The number of rotatable bonds is 7. The van der Waals surface area contributed by atoms with Gasteiger partial charge in [-0.25, -0.2) is 5.43 Å². The second-order valence-corrected chi connectivity index (χ2v) is 4.66. The van der Waals surface area contributed by atoms with Gasteiger partial charge in [0.15, 0.2) is 6.61 Å². The van der Waals surface area contributed by atoms with Gasteiger partial charge < -0.3 is 4.74 Å². The van der Waals surface area contributed by atoms with Crippen molar-refractivity contribution in [2.24, 2.45) is 5.10 Å². The fourth-order valence-electron chi connectivity index (χ4n) is 1.36. The first-order chi connectivity index (χ1) is 9.11. The molecule has 0 aromatic heterocycles. The average molecular weight is 283 g/mol. The van der Waals surface area contributed by atoms with Crippen molar-refractivity contribution in [1.29, 1.82) is 0 Å². The highest BCUT2D eigenvalue weighted by Crippen LogP contribution is 2.15. The van der Waals surface area contributed by atoms with Gasteiger partial charge in [-0.05, 0) is 44.0 Å². The predicted octanol–water partition coefficient (Wildman–Crippen LogP) is 3.40. The fraction of sp³-hybridized carbons (Fsp3) is 0.429. The Morgan fingerprint density at radius 3 is 2.68 bits per heavy atom. The number of nitrogens with zero attached hydrogens (tertiary/aromatic N) is 1. The summed E-state index contributed by atoms with van der Waals surface area (Å²) in [7, 11) is 0. The Bertz CT molecular complexity index is 430. The second-order valence-electron chi connectivity index (χ2n) is 4.23. The van der Waals surface area contributed by atoms with Crippen LogP contribution >= 0.6 is 11.6 Å². The minimum Gasteiger partial charge on any atom is -0.484 e. The van der Waals surface area contributed by atoms with E-state index in [0.29, 0.717) is 10.8 Å². The Kier molecular flexibility index (Phi) is 6.97. The number of benzene rings is 1. The topological polar surface area (TPSA) is 50.7 Å². The van der Waals surface area contributed by atoms with Gasteiger partial charge in [-0.15, -0.1) is 0 Å². The highest BCUT2D eigenvalue weighted by molar-refractivity contribution is 6.30. The molecule has 0 spiro atoms. The third-order valence-electron chi connectivity index (χ3n) is 2.45. The molecule has 0 bridgehead atoms. The summed E-state index contributed by atoms with van der Waals surface area (Å²) in [5.74, 6) is 0.331. The van der Waals surface area contributed by atoms with Crippen molar-refractivity contribution in [3.8, 4) is 5.75 Å². The van der Waals surface area contributed by atoms with E-state index in [2.05, 4.69) is 17.5 Å². The van der Waals surface area contributed by atoms with Gasteiger partial charge in [0.25, 0.3) is 5.91 Å². The van der Waals surface area contributed by atoms with E-state index in [9.17, 15) is 4.79 Å². The van der Waals surface area contributed by atoms with Gasteiger partial charge >= 0.3 is 0 Å². The van der Waals surface area contributed by atoms with Crippen LogP contribution < -0.4 is 10.2 Å². The zero-order valence-corrected chi connectivity index (χ0v) is 12.0. The molecule has 0 atom stereocenters. The molecule has 0 heterocycles. The van der Waals surface area contributed by atoms with Gasteiger partial charge in [0.05, 0.1) is 0 Å². The zero-order chi connectivity index (χ0) is 14.1. The van der Waals surface area contributed by atoms with Crippen molar-refractivity contribution in [1.82, 2.24) is 5.43 Å². The van der Waals surface area contributed by atoms with E-state index in [4.69, 9.17) is 16.3 Å². The van der Waals surface area contributed by atoms with Crippen LogP contribution in [0.3, 0.4) is 0 Å². The summed E-state index contributed by atoms with van der Waals surface area (Å²) in [6.45, 7) is 3.95. The molecular weight excluding hydrogens is 264 g/mol. The number of hydrogen-bond donors (Lipinski definition) is 1. The van der Waals surface area contributed by atoms with Crippen LogP contribution in [0, 0.1) is 0 Å². The molecule has 1 aromatic carbocycles. The highest BCUT2D eigenvalue weighted by Gasteiger charge is 2.02. The predicted molar refractivity (Wildman–Crippen MR) is 77.7 cm³/mol. The van der Waals surface area contributed by atoms with Gasteiger partial charge in [-0.3, -0.25) is 4.79 Å². The molecule has 0 unspecified atom stereocenters. The quantitative estimate of drug-likeness (QED) is 0.615. The number of carbonyl (C=O) groups is 1. The van der Waals surface area contributed by atoms with Crippen molar-refractivity contribution in [2.75, 3.05) is 6.61 Å². The first-order valence-corrected chi connectivity index (χ1v) is 6.70. The van der Waals surface area contributed by atoms with Gasteiger partial charge in [-0.1, -0.05) is 24.9 Å². The van der Waals surface area contributed by atoms with Crippen molar-refractivity contribution < 1.29 is 9.53 Å². The van der Waals surface area contributed by atoms with Crippen LogP contribution in [-0.2, 0) is 4.79 Å². The molecule has 0 saturated heterocycles. The molecule has 1 amide bonds.